The van der Waals surface area contributed by atoms with Crippen molar-refractivity contribution >= 4 is 5.82 Å². The Kier molecular flexibility index (Phi) is 4.92. The lowest BCUT2D eigenvalue weighted by Gasteiger charge is -2.32. The molecule has 158 valence electrons. The molecular weight excluding hydrogens is 395 g/mol. The highest BCUT2D eigenvalue weighted by molar-refractivity contribution is 5.46. The molecule has 1 atom stereocenters. The van der Waals surface area contributed by atoms with Crippen LogP contribution in [0.25, 0.3) is 0 Å². The average molecular weight is 417 g/mol. The van der Waals surface area contributed by atoms with E-state index in [4.69, 9.17) is 0 Å². The molecule has 3 aromatic rings. The first-order chi connectivity index (χ1) is 14.6. The number of aromatic nitrogens is 6. The maximum atomic E-state index is 14.9. The first-order valence-corrected chi connectivity index (χ1v) is 10.3. The Hall–Kier alpha value is -2.91. The van der Waals surface area contributed by atoms with Gasteiger partial charge >= 0.3 is 0 Å². The third-order valence-electron chi connectivity index (χ3n) is 6.34. The summed E-state index contributed by atoms with van der Waals surface area (Å²) in [5.74, 6) is -0.0955. The van der Waals surface area contributed by atoms with Crippen LogP contribution in [-0.4, -0.2) is 36.9 Å². The van der Waals surface area contributed by atoms with Crippen molar-refractivity contribution in [2.75, 3.05) is 11.4 Å². The molecular formula is C20H22F3N7. The molecule has 2 fully saturated rings. The fraction of sp³-hybridized carbons (Fsp3) is 0.500. The van der Waals surface area contributed by atoms with E-state index in [0.717, 1.165) is 44.2 Å². The molecule has 30 heavy (non-hydrogen) atoms. The highest BCUT2D eigenvalue weighted by Crippen LogP contribution is 2.42. The van der Waals surface area contributed by atoms with Gasteiger partial charge < -0.3 is 4.90 Å². The van der Waals surface area contributed by atoms with Gasteiger partial charge in [-0.25, -0.2) is 17.9 Å². The summed E-state index contributed by atoms with van der Waals surface area (Å²) < 4.78 is 44.8. The lowest BCUT2D eigenvalue weighted by Crippen LogP contribution is -2.29. The zero-order valence-corrected chi connectivity index (χ0v) is 16.3. The Labute approximate surface area is 171 Å². The van der Waals surface area contributed by atoms with Crippen molar-refractivity contribution < 1.29 is 13.2 Å². The van der Waals surface area contributed by atoms with Gasteiger partial charge in [0.05, 0.1) is 18.3 Å². The highest BCUT2D eigenvalue weighted by atomic mass is 19.1. The summed E-state index contributed by atoms with van der Waals surface area (Å²) in [6.07, 6.45) is 5.95. The van der Waals surface area contributed by atoms with Gasteiger partial charge in [-0.2, -0.15) is 10.3 Å². The Morgan fingerprint density at radius 3 is 2.60 bits per heavy atom. The number of halogens is 3. The second-order valence-corrected chi connectivity index (χ2v) is 8.05. The fourth-order valence-electron chi connectivity index (χ4n) is 4.91. The van der Waals surface area contributed by atoms with E-state index in [1.165, 1.54) is 12.3 Å². The largest absolute Gasteiger partial charge is 0.347 e. The van der Waals surface area contributed by atoms with Gasteiger partial charge in [-0.05, 0) is 56.7 Å². The maximum absolute atomic E-state index is 14.9. The van der Waals surface area contributed by atoms with Crippen molar-refractivity contribution in [1.82, 2.24) is 30.4 Å². The molecule has 1 N–H and O–H groups in total. The van der Waals surface area contributed by atoms with E-state index in [9.17, 15) is 13.2 Å². The first kappa shape index (κ1) is 19.1. The predicted octanol–water partition coefficient (Wildman–Crippen LogP) is 4.05. The summed E-state index contributed by atoms with van der Waals surface area (Å²) in [4.78, 5) is 1.84. The number of hydrogen-bond acceptors (Lipinski definition) is 5. The number of rotatable bonds is 4. The summed E-state index contributed by atoms with van der Waals surface area (Å²) in [5, 5.41) is 18.6. The molecule has 1 aromatic carbocycles. The van der Waals surface area contributed by atoms with Crippen LogP contribution in [0.5, 0.6) is 0 Å². The molecule has 1 aliphatic carbocycles. The molecule has 1 saturated heterocycles. The lowest BCUT2D eigenvalue weighted by molar-refractivity contribution is 0.298. The van der Waals surface area contributed by atoms with Gasteiger partial charge in [-0.15, -0.1) is 10.2 Å². The van der Waals surface area contributed by atoms with Crippen molar-refractivity contribution in [3.05, 3.63) is 53.2 Å². The quantitative estimate of drug-likeness (QED) is 0.693. The van der Waals surface area contributed by atoms with Crippen molar-refractivity contribution in [3.8, 4) is 0 Å². The number of hydrogen-bond donors (Lipinski definition) is 1. The van der Waals surface area contributed by atoms with Gasteiger partial charge in [-0.3, -0.25) is 0 Å². The number of H-pyrrole nitrogens is 1. The van der Waals surface area contributed by atoms with E-state index in [1.54, 1.807) is 4.68 Å². The molecule has 2 aromatic heterocycles. The zero-order valence-electron chi connectivity index (χ0n) is 16.3. The highest BCUT2D eigenvalue weighted by Gasteiger charge is 2.35. The molecule has 0 spiro atoms. The van der Waals surface area contributed by atoms with E-state index >= 15 is 0 Å². The summed E-state index contributed by atoms with van der Waals surface area (Å²) >= 11 is 0. The van der Waals surface area contributed by atoms with Crippen LogP contribution in [0.15, 0.2) is 24.4 Å². The van der Waals surface area contributed by atoms with Crippen LogP contribution in [0.4, 0.5) is 19.0 Å². The van der Waals surface area contributed by atoms with Crippen molar-refractivity contribution in [2.45, 2.75) is 56.5 Å². The normalized spacial score (nSPS) is 24.5. The molecule has 0 bridgehead atoms. The zero-order chi connectivity index (χ0) is 20.7. The van der Waals surface area contributed by atoms with Crippen LogP contribution in [0.3, 0.4) is 0 Å². The van der Waals surface area contributed by atoms with Crippen LogP contribution in [0.2, 0.25) is 0 Å². The minimum atomic E-state index is -0.494. The van der Waals surface area contributed by atoms with Crippen molar-refractivity contribution in [1.29, 1.82) is 0 Å². The van der Waals surface area contributed by atoms with Gasteiger partial charge in [0.15, 0.2) is 17.5 Å². The smallest absolute Gasteiger partial charge is 0.185 e. The summed E-state index contributed by atoms with van der Waals surface area (Å²) in [6, 6.07) is 3.07. The third-order valence-corrected chi connectivity index (χ3v) is 6.34. The fourth-order valence-corrected chi connectivity index (χ4v) is 4.91. The Morgan fingerprint density at radius 2 is 1.83 bits per heavy atom. The standard InChI is InChI=1S/C20H22F3N7/c21-13-5-8-16(22)15(10-13)18-2-1-9-29(18)20-17(23)11-24-30(20)14-6-3-12(4-7-14)19-25-27-28-26-19/h5,8,10-12,14,18H,1-4,6-7,9H2,(H,25,26,27,28)/t12?,14?,18-/m1/s1. The monoisotopic (exact) mass is 417 g/mol. The van der Waals surface area contributed by atoms with E-state index in [2.05, 4.69) is 25.7 Å². The van der Waals surface area contributed by atoms with Gasteiger partial charge in [0.1, 0.15) is 11.6 Å². The summed E-state index contributed by atoms with van der Waals surface area (Å²) in [5.41, 5.74) is 0.264. The van der Waals surface area contributed by atoms with E-state index in [-0.39, 0.29) is 17.5 Å². The van der Waals surface area contributed by atoms with Gasteiger partial charge in [0, 0.05) is 18.0 Å². The number of aromatic amines is 1. The van der Waals surface area contributed by atoms with Gasteiger partial charge in [-0.1, -0.05) is 5.21 Å². The molecule has 2 aliphatic rings. The molecule has 1 saturated carbocycles. The van der Waals surface area contributed by atoms with Crippen LogP contribution < -0.4 is 4.90 Å². The van der Waals surface area contributed by atoms with Crippen LogP contribution in [-0.2, 0) is 0 Å². The minimum Gasteiger partial charge on any atom is -0.347 e. The molecule has 1 aliphatic heterocycles. The number of tetrazole rings is 1. The number of nitrogens with one attached hydrogen (secondary N) is 1. The lowest BCUT2D eigenvalue weighted by atomic mass is 9.85. The van der Waals surface area contributed by atoms with Gasteiger partial charge in [0.25, 0.3) is 0 Å². The Bertz CT molecular complexity index is 1010. The number of benzene rings is 1. The molecule has 0 radical (unpaired) electrons. The first-order valence-electron chi connectivity index (χ1n) is 10.3. The average Bonchev–Trinajstić information content (AvgIpc) is 3.50. The van der Waals surface area contributed by atoms with Gasteiger partial charge in [0.2, 0.25) is 0 Å². The maximum Gasteiger partial charge on any atom is 0.185 e. The van der Waals surface area contributed by atoms with E-state index < -0.39 is 23.5 Å². The summed E-state index contributed by atoms with van der Waals surface area (Å²) in [7, 11) is 0. The summed E-state index contributed by atoms with van der Waals surface area (Å²) in [6.45, 7) is 0.571. The molecule has 7 nitrogen and oxygen atoms in total. The SMILES string of the molecule is Fc1ccc(F)c([C@H]2CCCN2c2c(F)cnn2C2CCC(c3nn[nH]n3)CC2)c1. The molecule has 10 heteroatoms. The van der Waals surface area contributed by atoms with Crippen molar-refractivity contribution in [3.63, 3.8) is 0 Å². The second kappa shape index (κ2) is 7.73. The van der Waals surface area contributed by atoms with Crippen molar-refractivity contribution in [2.24, 2.45) is 0 Å². The predicted molar refractivity (Wildman–Crippen MR) is 102 cm³/mol. The topological polar surface area (TPSA) is 75.5 Å². The third kappa shape index (κ3) is 3.33. The van der Waals surface area contributed by atoms with E-state index in [1.807, 2.05) is 4.90 Å². The Balaban J connectivity index is 1.41. The molecule has 0 amide bonds. The molecule has 0 unspecified atom stereocenters. The Morgan fingerprint density at radius 1 is 1.00 bits per heavy atom. The van der Waals surface area contributed by atoms with Crippen LogP contribution in [0.1, 0.15) is 67.9 Å². The second-order valence-electron chi connectivity index (χ2n) is 8.05. The molecule has 5 rings (SSSR count). The van der Waals surface area contributed by atoms with Crippen LogP contribution in [0, 0.1) is 17.5 Å². The minimum absolute atomic E-state index is 0.0336. The molecule has 3 heterocycles. The number of nitrogens with zero attached hydrogens (tertiary/aromatic N) is 6. The van der Waals surface area contributed by atoms with E-state index in [0.29, 0.717) is 24.6 Å². The van der Waals surface area contributed by atoms with Crippen LogP contribution >= 0.6 is 0 Å². The number of anilines is 1.